The summed E-state index contributed by atoms with van der Waals surface area (Å²) in [7, 11) is 3.27. The average molecular weight is 495 g/mol. The van der Waals surface area contributed by atoms with E-state index in [-0.39, 0.29) is 33.3 Å². The number of nitrogens with zero attached hydrogens (tertiary/aromatic N) is 4. The third-order valence-electron chi connectivity index (χ3n) is 6.31. The van der Waals surface area contributed by atoms with Crippen molar-refractivity contribution in [3.63, 3.8) is 0 Å². The molecule has 0 bridgehead atoms. The minimum absolute atomic E-state index is 0.196. The highest BCUT2D eigenvalue weighted by Gasteiger charge is 2.26. The van der Waals surface area contributed by atoms with Crippen molar-refractivity contribution in [3.05, 3.63) is 81.1 Å². The Morgan fingerprint density at radius 2 is 2.00 bits per heavy atom. The Morgan fingerprint density at radius 1 is 1.17 bits per heavy atom. The number of morpholine rings is 1. The number of ether oxygens (including phenoxy) is 2. The van der Waals surface area contributed by atoms with Crippen LogP contribution in [0.1, 0.15) is 17.5 Å². The summed E-state index contributed by atoms with van der Waals surface area (Å²) in [6.45, 7) is 3.36. The number of pyridine rings is 1. The van der Waals surface area contributed by atoms with Crippen molar-refractivity contribution in [1.82, 2.24) is 14.5 Å². The van der Waals surface area contributed by atoms with Crippen LogP contribution in [0.15, 0.2) is 53.3 Å². The second-order valence-corrected chi connectivity index (χ2v) is 8.89. The number of hydrogen-bond donors (Lipinski definition) is 0. The molecule has 2 aromatic carbocycles. The van der Waals surface area contributed by atoms with Crippen LogP contribution >= 0.6 is 11.6 Å². The van der Waals surface area contributed by atoms with Crippen molar-refractivity contribution in [1.29, 1.82) is 0 Å². The van der Waals surface area contributed by atoms with Gasteiger partial charge in [-0.25, -0.2) is 14.4 Å². The number of anilines is 1. The topological polar surface area (TPSA) is 69.5 Å². The van der Waals surface area contributed by atoms with Crippen LogP contribution in [0.5, 0.6) is 5.75 Å². The minimum atomic E-state index is -0.553. The van der Waals surface area contributed by atoms with Crippen molar-refractivity contribution >= 4 is 28.3 Å². The molecule has 9 heteroatoms. The molecule has 2 aromatic heterocycles. The zero-order valence-corrected chi connectivity index (χ0v) is 20.3. The van der Waals surface area contributed by atoms with Gasteiger partial charge in [0.05, 0.1) is 30.3 Å². The maximum Gasteiger partial charge on any atom is 0.263 e. The van der Waals surface area contributed by atoms with Crippen molar-refractivity contribution in [2.75, 3.05) is 31.7 Å². The lowest BCUT2D eigenvalue weighted by molar-refractivity contribution is 0.0394. The molecule has 3 heterocycles. The van der Waals surface area contributed by atoms with Gasteiger partial charge in [0.1, 0.15) is 29.3 Å². The van der Waals surface area contributed by atoms with Crippen LogP contribution in [0.25, 0.3) is 22.2 Å². The van der Waals surface area contributed by atoms with Gasteiger partial charge in [0.25, 0.3) is 5.56 Å². The summed E-state index contributed by atoms with van der Waals surface area (Å²) in [6.07, 6.45) is -0.203. The molecule has 1 atom stereocenters. The maximum absolute atomic E-state index is 15.0. The molecule has 35 heavy (non-hydrogen) atoms. The van der Waals surface area contributed by atoms with Gasteiger partial charge in [-0.3, -0.25) is 9.36 Å². The molecule has 7 nitrogen and oxygen atoms in total. The number of aromatic nitrogens is 3. The highest BCUT2D eigenvalue weighted by Crippen LogP contribution is 2.33. The molecule has 0 radical (unpaired) electrons. The summed E-state index contributed by atoms with van der Waals surface area (Å²) >= 11 is 5.98. The van der Waals surface area contributed by atoms with E-state index in [0.29, 0.717) is 36.9 Å². The Balaban J connectivity index is 1.64. The number of methoxy groups -OCH3 is 1. The fourth-order valence-corrected chi connectivity index (χ4v) is 4.48. The molecule has 1 fully saturated rings. The van der Waals surface area contributed by atoms with Gasteiger partial charge >= 0.3 is 0 Å². The first-order chi connectivity index (χ1) is 16.9. The van der Waals surface area contributed by atoms with Gasteiger partial charge in [-0.2, -0.15) is 0 Å². The van der Waals surface area contributed by atoms with Crippen LogP contribution in [0.4, 0.5) is 10.2 Å². The Morgan fingerprint density at radius 3 is 2.77 bits per heavy atom. The quantitative estimate of drug-likeness (QED) is 0.410. The predicted molar refractivity (Wildman–Crippen MR) is 134 cm³/mol. The normalized spacial score (nSPS) is 16.0. The van der Waals surface area contributed by atoms with Gasteiger partial charge in [-0.1, -0.05) is 23.7 Å². The predicted octanol–water partition coefficient (Wildman–Crippen LogP) is 4.68. The van der Waals surface area contributed by atoms with Crippen molar-refractivity contribution in [2.24, 2.45) is 7.05 Å². The van der Waals surface area contributed by atoms with E-state index in [1.54, 1.807) is 39.3 Å². The smallest absolute Gasteiger partial charge is 0.263 e. The molecular weight excluding hydrogens is 471 g/mol. The third-order valence-corrected chi connectivity index (χ3v) is 6.55. The highest BCUT2D eigenvalue weighted by molar-refractivity contribution is 6.30. The molecule has 1 aliphatic rings. The number of benzene rings is 2. The summed E-state index contributed by atoms with van der Waals surface area (Å²) in [4.78, 5) is 24.7. The van der Waals surface area contributed by atoms with Crippen LogP contribution in [0, 0.1) is 12.7 Å². The lowest BCUT2D eigenvalue weighted by Crippen LogP contribution is -2.39. The van der Waals surface area contributed by atoms with Gasteiger partial charge in [0.15, 0.2) is 0 Å². The number of hydrogen-bond acceptors (Lipinski definition) is 6. The first-order valence-corrected chi connectivity index (χ1v) is 11.6. The van der Waals surface area contributed by atoms with Gasteiger partial charge in [0, 0.05) is 36.8 Å². The minimum Gasteiger partial charge on any atom is -0.497 e. The van der Waals surface area contributed by atoms with Crippen LogP contribution in [-0.2, 0) is 11.8 Å². The zero-order valence-electron chi connectivity index (χ0n) is 19.6. The second kappa shape index (κ2) is 9.28. The van der Waals surface area contributed by atoms with E-state index in [2.05, 4.69) is 9.88 Å². The maximum atomic E-state index is 15.0. The number of aryl methyl sites for hydroxylation is 1. The van der Waals surface area contributed by atoms with Gasteiger partial charge in [-0.15, -0.1) is 0 Å². The number of fused-ring (bicyclic) bond motifs is 1. The molecule has 1 aliphatic heterocycles. The number of halogens is 2. The van der Waals surface area contributed by atoms with E-state index in [1.807, 2.05) is 24.3 Å². The summed E-state index contributed by atoms with van der Waals surface area (Å²) in [5.41, 5.74) is 1.60. The summed E-state index contributed by atoms with van der Waals surface area (Å²) < 4.78 is 27.8. The third kappa shape index (κ3) is 4.35. The van der Waals surface area contributed by atoms with Gasteiger partial charge in [-0.05, 0) is 42.8 Å². The fraction of sp³-hybridized carbons (Fsp3) is 0.269. The van der Waals surface area contributed by atoms with E-state index >= 15 is 4.39 Å². The van der Waals surface area contributed by atoms with Crippen LogP contribution in [0.2, 0.25) is 5.02 Å². The first kappa shape index (κ1) is 23.3. The Bertz CT molecular complexity index is 1490. The molecule has 5 rings (SSSR count). The Labute approximate surface area is 206 Å². The standard InChI is InChI=1S/C26H24ClFN4O3/c1-15-29-21-13-23(32-9-10-35-22(14-32)16-5-4-6-18(11-16)34-3)30-25(24(21)26(33)31(15)2)19-8-7-17(27)12-20(19)28/h4-8,11-13,22H,9-10,14H2,1-3H3/t22-/m0/s1. The molecule has 1 saturated heterocycles. The monoisotopic (exact) mass is 494 g/mol. The van der Waals surface area contributed by atoms with E-state index in [0.717, 1.165) is 11.3 Å². The van der Waals surface area contributed by atoms with E-state index < -0.39 is 5.82 Å². The Hall–Kier alpha value is -3.49. The van der Waals surface area contributed by atoms with Crippen molar-refractivity contribution in [3.8, 4) is 17.0 Å². The van der Waals surface area contributed by atoms with E-state index in [9.17, 15) is 4.79 Å². The average Bonchev–Trinajstić information content (AvgIpc) is 2.87. The second-order valence-electron chi connectivity index (χ2n) is 8.45. The molecule has 4 aromatic rings. The highest BCUT2D eigenvalue weighted by atomic mass is 35.5. The zero-order chi connectivity index (χ0) is 24.7. The SMILES string of the molecule is COc1cccc([C@@H]2CN(c3cc4nc(C)n(C)c(=O)c4c(-c4ccc(Cl)cc4F)n3)CCO2)c1. The van der Waals surface area contributed by atoms with E-state index in [1.165, 1.54) is 10.6 Å². The van der Waals surface area contributed by atoms with Crippen LogP contribution in [0.3, 0.4) is 0 Å². The molecule has 0 saturated carbocycles. The Kier molecular flexibility index (Phi) is 6.17. The number of rotatable bonds is 4. The summed E-state index contributed by atoms with van der Waals surface area (Å²) in [6, 6.07) is 13.9. The van der Waals surface area contributed by atoms with Gasteiger partial charge in [0.2, 0.25) is 0 Å². The lowest BCUT2D eigenvalue weighted by atomic mass is 10.1. The van der Waals surface area contributed by atoms with Crippen LogP contribution in [-0.4, -0.2) is 41.3 Å². The molecule has 180 valence electrons. The largest absolute Gasteiger partial charge is 0.497 e. The van der Waals surface area contributed by atoms with Crippen LogP contribution < -0.4 is 15.2 Å². The van der Waals surface area contributed by atoms with Crippen molar-refractivity contribution in [2.45, 2.75) is 13.0 Å². The van der Waals surface area contributed by atoms with Crippen molar-refractivity contribution < 1.29 is 13.9 Å². The summed E-state index contributed by atoms with van der Waals surface area (Å²) in [5.74, 6) is 1.35. The fourth-order valence-electron chi connectivity index (χ4n) is 4.32. The molecule has 0 spiro atoms. The molecule has 0 N–H and O–H groups in total. The first-order valence-electron chi connectivity index (χ1n) is 11.2. The van der Waals surface area contributed by atoms with Gasteiger partial charge < -0.3 is 14.4 Å². The van der Waals surface area contributed by atoms with E-state index in [4.69, 9.17) is 26.1 Å². The molecule has 0 amide bonds. The summed E-state index contributed by atoms with van der Waals surface area (Å²) in [5, 5.41) is 0.531. The lowest BCUT2D eigenvalue weighted by Gasteiger charge is -2.34. The molecule has 0 aliphatic carbocycles. The molecule has 0 unspecified atom stereocenters. The molecular formula is C26H24ClFN4O3.